The van der Waals surface area contributed by atoms with E-state index in [2.05, 4.69) is 25.2 Å². The van der Waals surface area contributed by atoms with Crippen molar-refractivity contribution < 1.29 is 8.42 Å². The summed E-state index contributed by atoms with van der Waals surface area (Å²) in [6.45, 7) is 3.84. The largest absolute Gasteiger partial charge is 0.337 e. The van der Waals surface area contributed by atoms with Gasteiger partial charge in [-0.2, -0.15) is 5.10 Å². The Hall–Kier alpha value is -3.39. The molecule has 0 radical (unpaired) electrons. The van der Waals surface area contributed by atoms with E-state index >= 15 is 0 Å². The molecular weight excluding hydrogens is 374 g/mol. The molecule has 0 bridgehead atoms. The summed E-state index contributed by atoms with van der Waals surface area (Å²) in [6.07, 6.45) is 1.69. The van der Waals surface area contributed by atoms with Gasteiger partial charge in [-0.1, -0.05) is 17.7 Å². The van der Waals surface area contributed by atoms with Crippen molar-refractivity contribution in [2.45, 2.75) is 18.7 Å². The van der Waals surface area contributed by atoms with Crippen molar-refractivity contribution in [2.24, 2.45) is 0 Å². The van der Waals surface area contributed by atoms with Gasteiger partial charge in [-0.05, 0) is 61.9 Å². The first-order valence-electron chi connectivity index (χ1n) is 8.69. The Labute approximate surface area is 162 Å². The monoisotopic (exact) mass is 393 g/mol. The summed E-state index contributed by atoms with van der Waals surface area (Å²) < 4.78 is 28.0. The summed E-state index contributed by atoms with van der Waals surface area (Å²) in [7, 11) is -3.67. The lowest BCUT2D eigenvalue weighted by atomic mass is 10.1. The van der Waals surface area contributed by atoms with Gasteiger partial charge in [-0.3, -0.25) is 14.8 Å². The molecule has 0 spiro atoms. The minimum absolute atomic E-state index is 0.183. The Bertz CT molecular complexity index is 1250. The number of anilines is 3. The van der Waals surface area contributed by atoms with Gasteiger partial charge in [0.15, 0.2) is 5.82 Å². The molecular formula is C20H19N5O2S. The van der Waals surface area contributed by atoms with Crippen LogP contribution in [0.4, 0.5) is 17.2 Å². The van der Waals surface area contributed by atoms with Crippen LogP contribution in [0.25, 0.3) is 11.0 Å². The number of sulfonamides is 1. The molecule has 0 fully saturated rings. The Morgan fingerprint density at radius 3 is 2.54 bits per heavy atom. The maximum atomic E-state index is 12.7. The van der Waals surface area contributed by atoms with Gasteiger partial charge in [0.05, 0.1) is 16.1 Å². The molecule has 0 saturated heterocycles. The lowest BCUT2D eigenvalue weighted by Crippen LogP contribution is -2.13. The maximum absolute atomic E-state index is 12.7. The average Bonchev–Trinajstić information content (AvgIpc) is 3.08. The van der Waals surface area contributed by atoms with Crippen LogP contribution >= 0.6 is 0 Å². The van der Waals surface area contributed by atoms with Crippen LogP contribution in [0, 0.1) is 13.8 Å². The van der Waals surface area contributed by atoms with Crippen LogP contribution in [0.2, 0.25) is 0 Å². The zero-order chi connectivity index (χ0) is 19.7. The van der Waals surface area contributed by atoms with Crippen LogP contribution in [0.5, 0.6) is 0 Å². The van der Waals surface area contributed by atoms with Gasteiger partial charge in [0.25, 0.3) is 10.0 Å². The Kier molecular flexibility index (Phi) is 4.48. The van der Waals surface area contributed by atoms with Crippen LogP contribution in [0.3, 0.4) is 0 Å². The van der Waals surface area contributed by atoms with E-state index in [-0.39, 0.29) is 4.90 Å². The van der Waals surface area contributed by atoms with E-state index in [0.29, 0.717) is 17.2 Å². The number of nitrogens with zero attached hydrogens (tertiary/aromatic N) is 2. The molecule has 8 heteroatoms. The van der Waals surface area contributed by atoms with E-state index < -0.39 is 10.0 Å². The molecule has 2 aromatic heterocycles. The molecule has 0 atom stereocenters. The van der Waals surface area contributed by atoms with E-state index in [1.54, 1.807) is 36.5 Å². The fourth-order valence-electron chi connectivity index (χ4n) is 2.93. The molecule has 0 aliphatic rings. The van der Waals surface area contributed by atoms with Gasteiger partial charge in [0.2, 0.25) is 0 Å². The topological polar surface area (TPSA) is 99.8 Å². The first-order chi connectivity index (χ1) is 13.4. The van der Waals surface area contributed by atoms with Gasteiger partial charge < -0.3 is 5.32 Å². The number of nitrogens with one attached hydrogen (secondary N) is 3. The number of hydrogen-bond donors (Lipinski definition) is 3. The van der Waals surface area contributed by atoms with Crippen molar-refractivity contribution in [3.63, 3.8) is 0 Å². The molecule has 4 rings (SSSR count). The van der Waals surface area contributed by atoms with Gasteiger partial charge in [0.1, 0.15) is 5.52 Å². The van der Waals surface area contributed by atoms with Crippen molar-refractivity contribution in [3.8, 4) is 0 Å². The second-order valence-electron chi connectivity index (χ2n) is 6.55. The molecule has 2 aromatic carbocycles. The third kappa shape index (κ3) is 3.54. The third-order valence-corrected chi connectivity index (χ3v) is 5.76. The van der Waals surface area contributed by atoms with E-state index in [1.165, 1.54) is 0 Å². The summed E-state index contributed by atoms with van der Waals surface area (Å²) in [5.41, 5.74) is 4.78. The number of aryl methyl sites for hydroxylation is 2. The van der Waals surface area contributed by atoms with Crippen LogP contribution in [0.15, 0.2) is 65.7 Å². The average molecular weight is 393 g/mol. The molecule has 2 heterocycles. The van der Waals surface area contributed by atoms with E-state index in [0.717, 1.165) is 22.2 Å². The highest BCUT2D eigenvalue weighted by molar-refractivity contribution is 7.92. The predicted octanol–water partition coefficient (Wildman–Crippen LogP) is 4.12. The zero-order valence-electron chi connectivity index (χ0n) is 15.4. The van der Waals surface area contributed by atoms with Gasteiger partial charge >= 0.3 is 0 Å². The quantitative estimate of drug-likeness (QED) is 0.474. The minimum Gasteiger partial charge on any atom is -0.337 e. The van der Waals surface area contributed by atoms with Gasteiger partial charge in [0, 0.05) is 11.9 Å². The van der Waals surface area contributed by atoms with Crippen LogP contribution < -0.4 is 10.0 Å². The molecule has 7 nitrogen and oxygen atoms in total. The number of hydrogen-bond acceptors (Lipinski definition) is 5. The van der Waals surface area contributed by atoms with Gasteiger partial charge in [-0.15, -0.1) is 0 Å². The molecule has 0 aliphatic carbocycles. The molecule has 3 N–H and O–H groups in total. The first-order valence-corrected chi connectivity index (χ1v) is 10.2. The SMILES string of the molecule is Cc1ccc(NS(=O)(=O)c2ccc(Nc3n[nH]c4cccnc34)cc2)c(C)c1. The summed E-state index contributed by atoms with van der Waals surface area (Å²) in [6, 6.07) is 15.8. The summed E-state index contributed by atoms with van der Waals surface area (Å²) in [4.78, 5) is 4.48. The normalized spacial score (nSPS) is 11.5. The predicted molar refractivity (Wildman–Crippen MR) is 110 cm³/mol. The highest BCUT2D eigenvalue weighted by atomic mass is 32.2. The Balaban J connectivity index is 1.55. The molecule has 0 amide bonds. The van der Waals surface area contributed by atoms with Crippen molar-refractivity contribution in [2.75, 3.05) is 10.0 Å². The molecule has 4 aromatic rings. The van der Waals surface area contributed by atoms with Crippen LogP contribution in [0.1, 0.15) is 11.1 Å². The highest BCUT2D eigenvalue weighted by Crippen LogP contribution is 2.24. The lowest BCUT2D eigenvalue weighted by Gasteiger charge is -2.12. The number of rotatable bonds is 5. The van der Waals surface area contributed by atoms with Gasteiger partial charge in [-0.25, -0.2) is 8.42 Å². The number of fused-ring (bicyclic) bond motifs is 1. The molecule has 0 saturated carbocycles. The molecule has 0 aliphatic heterocycles. The maximum Gasteiger partial charge on any atom is 0.261 e. The second kappa shape index (κ2) is 6.97. The highest BCUT2D eigenvalue weighted by Gasteiger charge is 2.15. The van der Waals surface area contributed by atoms with Crippen molar-refractivity contribution in [1.29, 1.82) is 0 Å². The Morgan fingerprint density at radius 1 is 1.00 bits per heavy atom. The summed E-state index contributed by atoms with van der Waals surface area (Å²) in [5.74, 6) is 0.583. The minimum atomic E-state index is -3.67. The smallest absolute Gasteiger partial charge is 0.261 e. The Morgan fingerprint density at radius 2 is 1.79 bits per heavy atom. The van der Waals surface area contributed by atoms with E-state index in [9.17, 15) is 8.42 Å². The molecule has 142 valence electrons. The van der Waals surface area contributed by atoms with E-state index in [1.807, 2.05) is 38.1 Å². The summed E-state index contributed by atoms with van der Waals surface area (Å²) in [5, 5.41) is 10.3. The number of aromatic amines is 1. The van der Waals surface area contributed by atoms with Crippen molar-refractivity contribution in [1.82, 2.24) is 15.2 Å². The van der Waals surface area contributed by atoms with Crippen molar-refractivity contribution >= 4 is 38.2 Å². The molecule has 0 unspecified atom stereocenters. The fraction of sp³-hybridized carbons (Fsp3) is 0.100. The summed E-state index contributed by atoms with van der Waals surface area (Å²) >= 11 is 0. The van der Waals surface area contributed by atoms with Crippen molar-refractivity contribution in [3.05, 3.63) is 71.9 Å². The number of H-pyrrole nitrogens is 1. The third-order valence-electron chi connectivity index (χ3n) is 4.37. The zero-order valence-corrected chi connectivity index (χ0v) is 16.2. The van der Waals surface area contributed by atoms with Crippen LogP contribution in [-0.2, 0) is 10.0 Å². The molecule has 28 heavy (non-hydrogen) atoms. The lowest BCUT2D eigenvalue weighted by molar-refractivity contribution is 0.601. The van der Waals surface area contributed by atoms with Crippen LogP contribution in [-0.4, -0.2) is 23.6 Å². The number of aromatic nitrogens is 3. The standard InChI is InChI=1S/C20H19N5O2S/c1-13-5-10-17(14(2)12-13)25-28(26,27)16-8-6-15(7-9-16)22-20-19-18(23-24-20)4-3-11-21-19/h3-12,25H,1-2H3,(H2,22,23,24). The second-order valence-corrected chi connectivity index (χ2v) is 8.23. The first kappa shape index (κ1) is 18.0. The number of pyridine rings is 1. The van der Waals surface area contributed by atoms with E-state index in [4.69, 9.17) is 0 Å². The number of benzene rings is 2. The fourth-order valence-corrected chi connectivity index (χ4v) is 4.06.